The van der Waals surface area contributed by atoms with E-state index in [0.29, 0.717) is 35.4 Å². The van der Waals surface area contributed by atoms with Gasteiger partial charge < -0.3 is 19.9 Å². The van der Waals surface area contributed by atoms with E-state index in [4.69, 9.17) is 15.6 Å². The van der Waals surface area contributed by atoms with Crippen molar-refractivity contribution in [1.29, 1.82) is 10.8 Å². The monoisotopic (exact) mass is 439 g/mol. The number of amidine groups is 1. The van der Waals surface area contributed by atoms with Gasteiger partial charge in [-0.25, -0.2) is 19.4 Å². The van der Waals surface area contributed by atoms with Gasteiger partial charge in [-0.3, -0.25) is 5.41 Å². The Labute approximate surface area is 183 Å². The Bertz CT molecular complexity index is 1090. The number of hydrogen-bond donors (Lipinski definition) is 2. The molecule has 0 amide bonds. The molecule has 0 radical (unpaired) electrons. The molecule has 1 saturated carbocycles. The van der Waals surface area contributed by atoms with Crippen molar-refractivity contribution in [2.24, 2.45) is 4.99 Å². The zero-order valence-corrected chi connectivity index (χ0v) is 17.9. The third-order valence-corrected chi connectivity index (χ3v) is 6.40. The average molecular weight is 440 g/mol. The summed E-state index contributed by atoms with van der Waals surface area (Å²) in [5.41, 5.74) is 3.78. The molecule has 1 aromatic heterocycles. The number of rotatable bonds is 5. The number of thioether (sulfide) groups is 1. The van der Waals surface area contributed by atoms with E-state index >= 15 is 0 Å². The van der Waals surface area contributed by atoms with Gasteiger partial charge in [0.25, 0.3) is 0 Å². The van der Waals surface area contributed by atoms with E-state index < -0.39 is 0 Å². The van der Waals surface area contributed by atoms with Crippen LogP contribution in [0.15, 0.2) is 29.5 Å². The van der Waals surface area contributed by atoms with Crippen LogP contribution in [0.2, 0.25) is 0 Å². The number of halogens is 1. The molecule has 0 unspecified atom stereocenters. The Kier molecular flexibility index (Phi) is 4.88. The highest BCUT2D eigenvalue weighted by molar-refractivity contribution is 8.24. The zero-order chi connectivity index (χ0) is 21.6. The lowest BCUT2D eigenvalue weighted by Crippen LogP contribution is -2.48. The maximum absolute atomic E-state index is 14.3. The predicted molar refractivity (Wildman–Crippen MR) is 120 cm³/mol. The molecule has 2 fully saturated rings. The minimum absolute atomic E-state index is 0.256. The molecule has 3 aliphatic rings. The molecule has 1 aliphatic carbocycles. The third-order valence-electron chi connectivity index (χ3n) is 5.80. The third kappa shape index (κ3) is 3.87. The lowest BCUT2D eigenvalue weighted by molar-refractivity contribution is 0.191. The largest absolute Gasteiger partial charge is 0.484 e. The van der Waals surface area contributed by atoms with Crippen molar-refractivity contribution in [1.82, 2.24) is 14.9 Å². The van der Waals surface area contributed by atoms with Gasteiger partial charge in [0.15, 0.2) is 16.7 Å². The van der Waals surface area contributed by atoms with Crippen molar-refractivity contribution in [3.8, 4) is 5.75 Å². The van der Waals surface area contributed by atoms with Crippen molar-refractivity contribution < 1.29 is 9.13 Å². The highest BCUT2D eigenvalue weighted by atomic mass is 32.2. The van der Waals surface area contributed by atoms with E-state index in [1.807, 2.05) is 17.9 Å². The van der Waals surface area contributed by atoms with Gasteiger partial charge in [0, 0.05) is 43.9 Å². The molecule has 1 aromatic carbocycles. The van der Waals surface area contributed by atoms with Gasteiger partial charge in [0.1, 0.15) is 17.7 Å². The lowest BCUT2D eigenvalue weighted by Gasteiger charge is -2.36. The van der Waals surface area contributed by atoms with E-state index in [1.165, 1.54) is 17.9 Å². The first-order chi connectivity index (χ1) is 15.0. The summed E-state index contributed by atoms with van der Waals surface area (Å²) >= 11 is 1.11. The molecule has 2 aromatic rings. The van der Waals surface area contributed by atoms with Gasteiger partial charge in [0.2, 0.25) is 0 Å². The van der Waals surface area contributed by atoms with Crippen molar-refractivity contribution in [3.05, 3.63) is 41.6 Å². The number of benzene rings is 1. The second kappa shape index (κ2) is 7.60. The highest BCUT2D eigenvalue weighted by Gasteiger charge is 2.41. The van der Waals surface area contributed by atoms with Crippen molar-refractivity contribution in [2.45, 2.75) is 25.4 Å². The zero-order valence-electron chi connectivity index (χ0n) is 17.1. The van der Waals surface area contributed by atoms with Gasteiger partial charge in [0.05, 0.1) is 22.6 Å². The molecule has 31 heavy (non-hydrogen) atoms. The van der Waals surface area contributed by atoms with E-state index in [-0.39, 0.29) is 17.2 Å². The first-order valence-electron chi connectivity index (χ1n) is 10.1. The standard InChI is InChI=1S/C21H22FN7OS/c1-21(2-3-21)30-17-8-13-15(9-14(17)22)27-19(13)16-10-18(26-12-25-16)28-4-6-29(7-5-28)20(24)31-11-23/h8-12,23-24H,2-7H2,1H3. The Morgan fingerprint density at radius 2 is 1.97 bits per heavy atom. The lowest BCUT2D eigenvalue weighted by atomic mass is 9.98. The van der Waals surface area contributed by atoms with Crippen LogP contribution < -0.4 is 9.64 Å². The second-order valence-corrected chi connectivity index (χ2v) is 8.95. The number of fused-ring (bicyclic) bond motifs is 1. The van der Waals surface area contributed by atoms with Crippen LogP contribution in [0.25, 0.3) is 0 Å². The molecule has 0 atom stereocenters. The van der Waals surface area contributed by atoms with E-state index in [0.717, 1.165) is 49.1 Å². The van der Waals surface area contributed by atoms with Crippen LogP contribution in [0.3, 0.4) is 0 Å². The SMILES string of the molecule is CC1(Oc2cc3c(cc2F)N=C3c2cc(N3CCN(C(=N)SC=N)CC3)ncn2)CC1. The molecule has 2 N–H and O–H groups in total. The van der Waals surface area contributed by atoms with Crippen molar-refractivity contribution >= 4 is 39.7 Å². The molecule has 3 heterocycles. The molecule has 160 valence electrons. The number of aromatic nitrogens is 2. The molecule has 0 spiro atoms. The number of hydrogen-bond acceptors (Lipinski definition) is 8. The van der Waals surface area contributed by atoms with Crippen LogP contribution >= 0.6 is 11.8 Å². The Morgan fingerprint density at radius 3 is 2.68 bits per heavy atom. The molecule has 0 bridgehead atoms. The average Bonchev–Trinajstić information content (AvgIpc) is 3.50. The molecule has 1 saturated heterocycles. The molecular formula is C21H22FN7OS. The number of nitrogens with zero attached hydrogens (tertiary/aromatic N) is 5. The normalized spacial score (nSPS) is 18.6. The molecule has 8 nitrogen and oxygen atoms in total. The summed E-state index contributed by atoms with van der Waals surface area (Å²) in [6.07, 6.45) is 3.40. The molecular weight excluding hydrogens is 417 g/mol. The maximum Gasteiger partial charge on any atom is 0.167 e. The number of anilines is 1. The van der Waals surface area contributed by atoms with Gasteiger partial charge in [-0.1, -0.05) is 0 Å². The Hall–Kier alpha value is -3.01. The van der Waals surface area contributed by atoms with Crippen LogP contribution in [0.1, 0.15) is 31.0 Å². The van der Waals surface area contributed by atoms with Gasteiger partial charge in [-0.05, 0) is 37.6 Å². The number of ether oxygens (including phenoxy) is 1. The van der Waals surface area contributed by atoms with Crippen LogP contribution in [-0.4, -0.2) is 63.1 Å². The number of piperazine rings is 1. The van der Waals surface area contributed by atoms with Gasteiger partial charge in [-0.2, -0.15) is 0 Å². The Morgan fingerprint density at radius 1 is 1.19 bits per heavy atom. The summed E-state index contributed by atoms with van der Waals surface area (Å²) in [6, 6.07) is 5.05. The fourth-order valence-electron chi connectivity index (χ4n) is 3.69. The summed E-state index contributed by atoms with van der Waals surface area (Å²) in [7, 11) is 0. The minimum atomic E-state index is -0.386. The Balaban J connectivity index is 1.31. The highest BCUT2D eigenvalue weighted by Crippen LogP contribution is 2.43. The topological polar surface area (TPSA) is 102 Å². The maximum atomic E-state index is 14.3. The molecule has 5 rings (SSSR count). The molecule has 10 heteroatoms. The van der Waals surface area contributed by atoms with Crippen LogP contribution in [0.5, 0.6) is 5.75 Å². The molecule has 2 aliphatic heterocycles. The number of nitrogens with one attached hydrogen (secondary N) is 2. The first-order valence-corrected chi connectivity index (χ1v) is 11.0. The van der Waals surface area contributed by atoms with Gasteiger partial charge in [-0.15, -0.1) is 0 Å². The van der Waals surface area contributed by atoms with E-state index in [2.05, 4.69) is 19.9 Å². The summed E-state index contributed by atoms with van der Waals surface area (Å²) in [5, 5.41) is 15.5. The quantitative estimate of drug-likeness (QED) is 0.467. The van der Waals surface area contributed by atoms with Crippen LogP contribution in [0.4, 0.5) is 15.9 Å². The van der Waals surface area contributed by atoms with Crippen molar-refractivity contribution in [3.63, 3.8) is 0 Å². The van der Waals surface area contributed by atoms with Crippen LogP contribution in [-0.2, 0) is 0 Å². The smallest absolute Gasteiger partial charge is 0.167 e. The van der Waals surface area contributed by atoms with E-state index in [1.54, 1.807) is 6.07 Å². The summed E-state index contributed by atoms with van der Waals surface area (Å²) in [5.74, 6) is 0.681. The van der Waals surface area contributed by atoms with Gasteiger partial charge >= 0.3 is 0 Å². The number of aliphatic imine (C=N–C) groups is 1. The minimum Gasteiger partial charge on any atom is -0.484 e. The first kappa shape index (κ1) is 19.9. The summed E-state index contributed by atoms with van der Waals surface area (Å²) in [6.45, 7) is 4.83. The second-order valence-electron chi connectivity index (χ2n) is 8.09. The fraction of sp³-hybridized carbons (Fsp3) is 0.381. The summed E-state index contributed by atoms with van der Waals surface area (Å²) in [4.78, 5) is 17.4. The van der Waals surface area contributed by atoms with Crippen molar-refractivity contribution in [2.75, 3.05) is 31.1 Å². The van der Waals surface area contributed by atoms with Crippen LogP contribution in [0, 0.1) is 16.6 Å². The fourth-order valence-corrected chi connectivity index (χ4v) is 4.13. The summed E-state index contributed by atoms with van der Waals surface area (Å²) < 4.78 is 20.2. The predicted octanol–water partition coefficient (Wildman–Crippen LogP) is 3.43. The van der Waals surface area contributed by atoms with E-state index in [9.17, 15) is 4.39 Å².